The Labute approximate surface area is 166 Å². The van der Waals surface area contributed by atoms with Crippen LogP contribution in [0.3, 0.4) is 0 Å². The van der Waals surface area contributed by atoms with E-state index in [1.807, 2.05) is 48.5 Å². The Kier molecular flexibility index (Phi) is 5.03. The number of hydrogen-bond acceptors (Lipinski definition) is 4. The van der Waals surface area contributed by atoms with Gasteiger partial charge in [0.05, 0.1) is 0 Å². The van der Waals surface area contributed by atoms with Crippen molar-refractivity contribution in [1.29, 1.82) is 0 Å². The molecule has 0 radical (unpaired) electrons. The molecule has 144 valence electrons. The summed E-state index contributed by atoms with van der Waals surface area (Å²) in [5.74, 6) is 0.137. The van der Waals surface area contributed by atoms with Crippen LogP contribution in [0.25, 0.3) is 22.5 Å². The molecule has 0 atom stereocenters. The smallest absolute Gasteiger partial charge is 0.286 e. The van der Waals surface area contributed by atoms with Gasteiger partial charge in [0, 0.05) is 11.1 Å². The predicted molar refractivity (Wildman–Crippen MR) is 107 cm³/mol. The third kappa shape index (κ3) is 4.14. The summed E-state index contributed by atoms with van der Waals surface area (Å²) in [6.45, 7) is 0.319. The predicted octanol–water partition coefficient (Wildman–Crippen LogP) is 3.96. The Morgan fingerprint density at radius 1 is 1.00 bits per heavy atom. The summed E-state index contributed by atoms with van der Waals surface area (Å²) < 4.78 is 19.1. The van der Waals surface area contributed by atoms with Crippen molar-refractivity contribution >= 4 is 5.91 Å². The molecule has 7 heteroatoms. The topological polar surface area (TPSA) is 93.9 Å². The van der Waals surface area contributed by atoms with Crippen molar-refractivity contribution in [2.24, 2.45) is 5.73 Å². The summed E-state index contributed by atoms with van der Waals surface area (Å²) in [7, 11) is 0. The molecule has 4 aromatic rings. The number of nitrogens with one attached hydrogen (secondary N) is 1. The zero-order valence-corrected chi connectivity index (χ0v) is 15.3. The van der Waals surface area contributed by atoms with E-state index in [4.69, 9.17) is 10.5 Å². The molecule has 0 fully saturated rings. The summed E-state index contributed by atoms with van der Waals surface area (Å²) in [6, 6.07) is 21.4. The maximum Gasteiger partial charge on any atom is 0.286 e. The second-order valence-corrected chi connectivity index (χ2v) is 6.36. The highest BCUT2D eigenvalue weighted by Crippen LogP contribution is 2.32. The van der Waals surface area contributed by atoms with Crippen molar-refractivity contribution in [3.63, 3.8) is 0 Å². The van der Waals surface area contributed by atoms with Crippen LogP contribution in [0.15, 0.2) is 72.8 Å². The minimum atomic E-state index is -0.667. The van der Waals surface area contributed by atoms with E-state index in [9.17, 15) is 9.18 Å². The highest BCUT2D eigenvalue weighted by molar-refractivity contribution is 5.89. The highest BCUT2D eigenvalue weighted by Gasteiger charge is 2.12. The van der Waals surface area contributed by atoms with Gasteiger partial charge in [0.25, 0.3) is 5.91 Å². The van der Waals surface area contributed by atoms with E-state index >= 15 is 0 Å². The largest absolute Gasteiger partial charge is 0.488 e. The second-order valence-electron chi connectivity index (χ2n) is 6.36. The first-order chi connectivity index (χ1) is 14.1. The van der Waals surface area contributed by atoms with Crippen LogP contribution in [0.2, 0.25) is 0 Å². The Balaban J connectivity index is 1.61. The molecular formula is C22H17FN4O2. The summed E-state index contributed by atoms with van der Waals surface area (Å²) in [5.41, 5.74) is 8.63. The van der Waals surface area contributed by atoms with Crippen LogP contribution < -0.4 is 10.5 Å². The lowest BCUT2D eigenvalue weighted by Crippen LogP contribution is -2.12. The van der Waals surface area contributed by atoms with Crippen LogP contribution in [0.4, 0.5) is 4.39 Å². The van der Waals surface area contributed by atoms with Crippen molar-refractivity contribution < 1.29 is 13.9 Å². The summed E-state index contributed by atoms with van der Waals surface area (Å²) in [6.07, 6.45) is 0. The SMILES string of the molecule is NC(=O)c1nc(-c2cccc(-c3ccccc3OCc3ccc(F)cc3)c2)n[nH]1. The van der Waals surface area contributed by atoms with Gasteiger partial charge >= 0.3 is 0 Å². The minimum absolute atomic E-state index is 0.00781. The number of ether oxygens (including phenoxy) is 1. The quantitative estimate of drug-likeness (QED) is 0.523. The first-order valence-corrected chi connectivity index (χ1v) is 8.89. The van der Waals surface area contributed by atoms with Gasteiger partial charge in [0.1, 0.15) is 18.2 Å². The van der Waals surface area contributed by atoms with E-state index in [1.165, 1.54) is 12.1 Å². The van der Waals surface area contributed by atoms with Crippen LogP contribution in [0.1, 0.15) is 16.2 Å². The number of para-hydroxylation sites is 1. The molecule has 3 N–H and O–H groups in total. The molecule has 1 amide bonds. The fourth-order valence-electron chi connectivity index (χ4n) is 2.90. The van der Waals surface area contributed by atoms with E-state index in [0.717, 1.165) is 22.3 Å². The normalized spacial score (nSPS) is 10.7. The van der Waals surface area contributed by atoms with Gasteiger partial charge < -0.3 is 10.5 Å². The number of rotatable bonds is 6. The van der Waals surface area contributed by atoms with Gasteiger partial charge in [-0.15, -0.1) is 0 Å². The fourth-order valence-corrected chi connectivity index (χ4v) is 2.90. The number of amides is 1. The number of nitrogens with zero attached hydrogens (tertiary/aromatic N) is 2. The molecule has 0 aliphatic heterocycles. The molecule has 0 aliphatic carbocycles. The maximum absolute atomic E-state index is 13.1. The molecule has 1 aromatic heterocycles. The lowest BCUT2D eigenvalue weighted by atomic mass is 10.0. The van der Waals surface area contributed by atoms with E-state index in [-0.39, 0.29) is 11.6 Å². The molecule has 0 aliphatic rings. The first-order valence-electron chi connectivity index (χ1n) is 8.89. The number of benzene rings is 3. The Morgan fingerprint density at radius 2 is 1.76 bits per heavy atom. The maximum atomic E-state index is 13.1. The number of aromatic nitrogens is 3. The number of H-pyrrole nitrogens is 1. The third-order valence-electron chi connectivity index (χ3n) is 4.35. The Morgan fingerprint density at radius 3 is 2.52 bits per heavy atom. The third-order valence-corrected chi connectivity index (χ3v) is 4.35. The van der Waals surface area contributed by atoms with E-state index in [2.05, 4.69) is 15.2 Å². The summed E-state index contributed by atoms with van der Waals surface area (Å²) in [5, 5.41) is 6.58. The number of carbonyl (C=O) groups is 1. The standard InChI is InChI=1S/C22H17FN4O2/c23-17-10-8-14(9-11-17)13-29-19-7-2-1-6-18(19)15-4-3-5-16(12-15)21-25-22(20(24)28)27-26-21/h1-12H,13H2,(H2,24,28)(H,25,26,27). The van der Waals surface area contributed by atoms with Crippen LogP contribution in [0, 0.1) is 5.82 Å². The van der Waals surface area contributed by atoms with Gasteiger partial charge in [-0.2, -0.15) is 5.10 Å². The van der Waals surface area contributed by atoms with Crippen LogP contribution in [-0.2, 0) is 6.61 Å². The van der Waals surface area contributed by atoms with Crippen LogP contribution in [-0.4, -0.2) is 21.1 Å². The van der Waals surface area contributed by atoms with Crippen molar-refractivity contribution in [1.82, 2.24) is 15.2 Å². The molecule has 0 saturated carbocycles. The van der Waals surface area contributed by atoms with E-state index < -0.39 is 5.91 Å². The molecule has 0 saturated heterocycles. The van der Waals surface area contributed by atoms with Gasteiger partial charge in [-0.1, -0.05) is 48.5 Å². The molecule has 4 rings (SSSR count). The number of hydrogen-bond donors (Lipinski definition) is 2. The summed E-state index contributed by atoms with van der Waals surface area (Å²) in [4.78, 5) is 15.4. The molecule has 3 aromatic carbocycles. The molecule has 0 bridgehead atoms. The van der Waals surface area contributed by atoms with Crippen LogP contribution in [0.5, 0.6) is 5.75 Å². The summed E-state index contributed by atoms with van der Waals surface area (Å²) >= 11 is 0. The van der Waals surface area contributed by atoms with Crippen molar-refractivity contribution in [3.05, 3.63) is 90.0 Å². The Bertz CT molecular complexity index is 1160. The lowest BCUT2D eigenvalue weighted by Gasteiger charge is -2.12. The Hall–Kier alpha value is -4.00. The zero-order chi connectivity index (χ0) is 20.2. The highest BCUT2D eigenvalue weighted by atomic mass is 19.1. The van der Waals surface area contributed by atoms with Crippen molar-refractivity contribution in [3.8, 4) is 28.3 Å². The van der Waals surface area contributed by atoms with E-state index in [0.29, 0.717) is 18.2 Å². The molecule has 0 unspecified atom stereocenters. The average Bonchev–Trinajstić information content (AvgIpc) is 3.24. The molecule has 0 spiro atoms. The van der Waals surface area contributed by atoms with Gasteiger partial charge in [-0.3, -0.25) is 9.89 Å². The number of carbonyl (C=O) groups excluding carboxylic acids is 1. The average molecular weight is 388 g/mol. The molecular weight excluding hydrogens is 371 g/mol. The zero-order valence-electron chi connectivity index (χ0n) is 15.3. The lowest BCUT2D eigenvalue weighted by molar-refractivity contribution is 0.0991. The molecule has 6 nitrogen and oxygen atoms in total. The molecule has 29 heavy (non-hydrogen) atoms. The number of nitrogens with two attached hydrogens (primary N) is 1. The van der Waals surface area contributed by atoms with Crippen molar-refractivity contribution in [2.45, 2.75) is 6.61 Å². The van der Waals surface area contributed by atoms with Gasteiger partial charge in [-0.05, 0) is 35.4 Å². The fraction of sp³-hybridized carbons (Fsp3) is 0.0455. The van der Waals surface area contributed by atoms with Gasteiger partial charge in [0.15, 0.2) is 5.82 Å². The number of halogens is 1. The van der Waals surface area contributed by atoms with Gasteiger partial charge in [0.2, 0.25) is 5.82 Å². The minimum Gasteiger partial charge on any atom is -0.488 e. The van der Waals surface area contributed by atoms with Gasteiger partial charge in [-0.25, -0.2) is 9.37 Å². The molecule has 1 heterocycles. The van der Waals surface area contributed by atoms with Crippen LogP contribution >= 0.6 is 0 Å². The second kappa shape index (κ2) is 7.93. The first kappa shape index (κ1) is 18.4. The van der Waals surface area contributed by atoms with E-state index in [1.54, 1.807) is 12.1 Å². The number of aromatic amines is 1. The number of primary amides is 1. The monoisotopic (exact) mass is 388 g/mol. The van der Waals surface area contributed by atoms with Crippen molar-refractivity contribution in [2.75, 3.05) is 0 Å².